The number of ether oxygens (including phenoxy) is 2. The van der Waals surface area contributed by atoms with Crippen molar-refractivity contribution in [1.29, 1.82) is 0 Å². The third-order valence-corrected chi connectivity index (χ3v) is 8.18. The second kappa shape index (κ2) is 18.9. The lowest BCUT2D eigenvalue weighted by molar-refractivity contribution is -0.142. The molecule has 9 nitrogen and oxygen atoms in total. The summed E-state index contributed by atoms with van der Waals surface area (Å²) in [6.45, 7) is 4.32. The number of carboxylic acid groups (broad SMARTS) is 1. The number of carboxylic acids is 1. The first-order valence-corrected chi connectivity index (χ1v) is 16.8. The van der Waals surface area contributed by atoms with E-state index in [1.807, 2.05) is 60.7 Å². The Morgan fingerprint density at radius 2 is 1.45 bits per heavy atom. The Labute approximate surface area is 288 Å². The molecule has 1 amide bonds. The van der Waals surface area contributed by atoms with Crippen LogP contribution in [0.15, 0.2) is 91.3 Å². The first-order valence-electron chi connectivity index (χ1n) is 16.8. The fourth-order valence-electron chi connectivity index (χ4n) is 5.21. The Bertz CT molecular complexity index is 1670. The number of aliphatic carboxylic acids is 1. The summed E-state index contributed by atoms with van der Waals surface area (Å²) in [7, 11) is 1.58. The van der Waals surface area contributed by atoms with Gasteiger partial charge >= 0.3 is 5.97 Å². The van der Waals surface area contributed by atoms with Crippen molar-refractivity contribution in [3.05, 3.63) is 102 Å². The van der Waals surface area contributed by atoms with Crippen LogP contribution in [0.2, 0.25) is 0 Å². The van der Waals surface area contributed by atoms with Gasteiger partial charge in [0.05, 0.1) is 13.7 Å². The van der Waals surface area contributed by atoms with E-state index in [1.54, 1.807) is 37.7 Å². The number of rotatable bonds is 19. The molecular weight excluding hydrogens is 618 g/mol. The smallest absolute Gasteiger partial charge is 0.325 e. The van der Waals surface area contributed by atoms with Gasteiger partial charge in [0.1, 0.15) is 17.5 Å². The fraction of sp³-hybridized carbons (Fsp3) is 0.325. The first-order chi connectivity index (χ1) is 23.7. The van der Waals surface area contributed by atoms with Gasteiger partial charge in [-0.2, -0.15) is 0 Å². The number of hydrogen-bond donors (Lipinski definition) is 2. The molecule has 0 aliphatic heterocycles. The molecule has 2 N–H and O–H groups in total. The average Bonchev–Trinajstić information content (AvgIpc) is 3.12. The number of carbonyl (C=O) groups excluding carboxylic acids is 2. The van der Waals surface area contributed by atoms with Gasteiger partial charge in [-0.15, -0.1) is 0 Å². The molecule has 4 rings (SSSR count). The number of unbranched alkanes of at least 4 members (excludes halogenated alkanes) is 4. The lowest BCUT2D eigenvalue weighted by Gasteiger charge is -2.18. The van der Waals surface area contributed by atoms with Crippen molar-refractivity contribution in [2.75, 3.05) is 13.7 Å². The molecule has 0 saturated heterocycles. The summed E-state index contributed by atoms with van der Waals surface area (Å²) in [5.41, 5.74) is 4.32. The molecule has 9 heteroatoms. The molecule has 2 atom stereocenters. The van der Waals surface area contributed by atoms with Gasteiger partial charge in [0, 0.05) is 35.9 Å². The Morgan fingerprint density at radius 1 is 0.816 bits per heavy atom. The summed E-state index contributed by atoms with van der Waals surface area (Å²) >= 11 is 0. The van der Waals surface area contributed by atoms with Crippen LogP contribution >= 0.6 is 0 Å². The number of methoxy groups -OCH3 is 1. The lowest BCUT2D eigenvalue weighted by atomic mass is 9.92. The Morgan fingerprint density at radius 3 is 2.08 bits per heavy atom. The molecule has 49 heavy (non-hydrogen) atoms. The quantitative estimate of drug-likeness (QED) is 0.0776. The molecule has 0 spiro atoms. The maximum absolute atomic E-state index is 13.1. The third-order valence-electron chi connectivity index (χ3n) is 8.18. The zero-order chi connectivity index (χ0) is 35.0. The highest BCUT2D eigenvalue weighted by Crippen LogP contribution is 2.24. The molecule has 0 saturated carbocycles. The molecule has 4 aromatic rings. The zero-order valence-corrected chi connectivity index (χ0v) is 28.4. The monoisotopic (exact) mass is 663 g/mol. The fourth-order valence-corrected chi connectivity index (χ4v) is 5.21. The molecule has 0 aliphatic rings. The van der Waals surface area contributed by atoms with E-state index in [1.165, 1.54) is 38.7 Å². The van der Waals surface area contributed by atoms with Gasteiger partial charge in [0.15, 0.2) is 11.6 Å². The van der Waals surface area contributed by atoms with Crippen LogP contribution in [-0.4, -0.2) is 52.5 Å². The predicted molar refractivity (Wildman–Crippen MR) is 191 cm³/mol. The summed E-state index contributed by atoms with van der Waals surface area (Å²) in [6, 6.07) is 21.6. The third kappa shape index (κ3) is 11.7. The highest BCUT2D eigenvalue weighted by Gasteiger charge is 2.25. The maximum atomic E-state index is 13.1. The molecule has 1 aromatic heterocycles. The molecular formula is C40H45N3O6. The molecule has 3 aromatic carbocycles. The van der Waals surface area contributed by atoms with E-state index in [0.717, 1.165) is 46.6 Å². The van der Waals surface area contributed by atoms with E-state index >= 15 is 0 Å². The van der Waals surface area contributed by atoms with Crippen LogP contribution in [0.5, 0.6) is 11.5 Å². The average molecular weight is 664 g/mol. The largest absolute Gasteiger partial charge is 0.497 e. The van der Waals surface area contributed by atoms with Crippen molar-refractivity contribution >= 4 is 23.7 Å². The molecule has 0 fully saturated rings. The lowest BCUT2D eigenvalue weighted by Crippen LogP contribution is -2.42. The van der Waals surface area contributed by atoms with Gasteiger partial charge in [-0.1, -0.05) is 87.2 Å². The van der Waals surface area contributed by atoms with Crippen LogP contribution in [0, 0.1) is 5.92 Å². The van der Waals surface area contributed by atoms with Gasteiger partial charge in [0.25, 0.3) is 0 Å². The highest BCUT2D eigenvalue weighted by atomic mass is 16.5. The number of amides is 1. The Balaban J connectivity index is 1.37. The van der Waals surface area contributed by atoms with E-state index in [2.05, 4.69) is 22.2 Å². The number of aromatic nitrogens is 2. The number of carbonyl (C=O) groups is 3. The van der Waals surface area contributed by atoms with Gasteiger partial charge in [0.2, 0.25) is 5.91 Å². The second-order valence-corrected chi connectivity index (χ2v) is 12.0. The van der Waals surface area contributed by atoms with Crippen molar-refractivity contribution < 1.29 is 29.0 Å². The minimum atomic E-state index is -1.15. The standard InChI is InChI=1S/C40H45N3O6/c1-4-5-6-7-8-23-49-37-21-16-31(17-22-37)34-26-41-38(42-27-34)32-14-9-30(10-15-32)24-33(39(45)43-28(2)40(46)47)25-35(44)18-11-29-12-19-36(48-3)20-13-29/h9-22,26-28,33H,4-8,23-25H2,1-3H3,(H,43,45)(H,46,47)/b18-11+/t28-,33-/m1/s1. The van der Waals surface area contributed by atoms with E-state index in [-0.39, 0.29) is 18.6 Å². The number of hydrogen-bond acceptors (Lipinski definition) is 7. The Hall–Kier alpha value is -5.31. The normalized spacial score (nSPS) is 12.3. The van der Waals surface area contributed by atoms with E-state index in [9.17, 15) is 19.5 Å². The second-order valence-electron chi connectivity index (χ2n) is 12.0. The van der Waals surface area contributed by atoms with Crippen LogP contribution in [0.4, 0.5) is 0 Å². The van der Waals surface area contributed by atoms with E-state index in [4.69, 9.17) is 9.47 Å². The topological polar surface area (TPSA) is 128 Å². The summed E-state index contributed by atoms with van der Waals surface area (Å²) in [4.78, 5) is 46.5. The van der Waals surface area contributed by atoms with Gasteiger partial charge in [-0.25, -0.2) is 9.97 Å². The van der Waals surface area contributed by atoms with E-state index < -0.39 is 23.8 Å². The summed E-state index contributed by atoms with van der Waals surface area (Å²) in [6.07, 6.45) is 12.9. The summed E-state index contributed by atoms with van der Waals surface area (Å²) in [5.74, 6) is -0.543. The van der Waals surface area contributed by atoms with Crippen molar-refractivity contribution in [3.8, 4) is 34.0 Å². The first kappa shape index (κ1) is 36.5. The van der Waals surface area contributed by atoms with Crippen LogP contribution in [-0.2, 0) is 20.8 Å². The highest BCUT2D eigenvalue weighted by molar-refractivity contribution is 5.97. The van der Waals surface area contributed by atoms with Crippen LogP contribution < -0.4 is 14.8 Å². The minimum Gasteiger partial charge on any atom is -0.497 e. The molecule has 1 heterocycles. The number of allylic oxidation sites excluding steroid dienone is 1. The minimum absolute atomic E-state index is 0.0801. The zero-order valence-electron chi connectivity index (χ0n) is 28.4. The Kier molecular flexibility index (Phi) is 14.1. The van der Waals surface area contributed by atoms with Crippen molar-refractivity contribution in [2.24, 2.45) is 5.92 Å². The van der Waals surface area contributed by atoms with Crippen LogP contribution in [0.3, 0.4) is 0 Å². The number of nitrogens with zero attached hydrogens (tertiary/aromatic N) is 2. The van der Waals surface area contributed by atoms with Crippen LogP contribution in [0.25, 0.3) is 28.6 Å². The predicted octanol–water partition coefficient (Wildman–Crippen LogP) is 7.59. The van der Waals surface area contributed by atoms with Gasteiger partial charge in [-0.05, 0) is 66.8 Å². The number of nitrogens with one attached hydrogen (secondary N) is 1. The van der Waals surface area contributed by atoms with Gasteiger partial charge < -0.3 is 19.9 Å². The number of ketones is 1. The summed E-state index contributed by atoms with van der Waals surface area (Å²) in [5, 5.41) is 11.8. The summed E-state index contributed by atoms with van der Waals surface area (Å²) < 4.78 is 11.0. The molecule has 0 aliphatic carbocycles. The van der Waals surface area contributed by atoms with Gasteiger partial charge in [-0.3, -0.25) is 14.4 Å². The number of benzene rings is 3. The van der Waals surface area contributed by atoms with E-state index in [0.29, 0.717) is 11.6 Å². The maximum Gasteiger partial charge on any atom is 0.325 e. The van der Waals surface area contributed by atoms with Crippen molar-refractivity contribution in [2.45, 2.75) is 64.8 Å². The SMILES string of the molecule is CCCCCCCOc1ccc(-c2cnc(-c3ccc(C[C@H](CC(=O)/C=C/c4ccc(OC)cc4)C(=O)N[C@H](C)C(=O)O)cc3)nc2)cc1. The molecule has 0 unspecified atom stereocenters. The molecule has 0 radical (unpaired) electrons. The van der Waals surface area contributed by atoms with Crippen molar-refractivity contribution in [3.63, 3.8) is 0 Å². The van der Waals surface area contributed by atoms with Crippen LogP contribution in [0.1, 0.15) is 63.5 Å². The van der Waals surface area contributed by atoms with Crippen molar-refractivity contribution in [1.82, 2.24) is 15.3 Å². The molecule has 0 bridgehead atoms. The molecule has 256 valence electrons.